The molecule has 0 radical (unpaired) electrons. The third-order valence-corrected chi connectivity index (χ3v) is 2.23. The molecule has 0 aromatic carbocycles. The van der Waals surface area contributed by atoms with E-state index in [2.05, 4.69) is 10.1 Å². The highest BCUT2D eigenvalue weighted by atomic mass is 16.2. The predicted octanol–water partition coefficient (Wildman–Crippen LogP) is 1.17. The lowest BCUT2D eigenvalue weighted by atomic mass is 10.2. The summed E-state index contributed by atoms with van der Waals surface area (Å²) in [6, 6.07) is 3.31. The lowest BCUT2D eigenvalue weighted by Crippen LogP contribution is -2.20. The fourth-order valence-corrected chi connectivity index (χ4v) is 1.41. The van der Waals surface area contributed by atoms with Gasteiger partial charge in [0.15, 0.2) is 5.82 Å². The largest absolute Gasteiger partial charge is 0.399 e. The molecular formula is C10H12N4O. The first-order chi connectivity index (χ1) is 7.20. The van der Waals surface area contributed by atoms with Crippen molar-refractivity contribution in [3.05, 3.63) is 18.3 Å². The fourth-order valence-electron chi connectivity index (χ4n) is 1.41. The Labute approximate surface area is 87.6 Å². The fraction of sp³-hybridized carbons (Fsp3) is 0.300. The SMILES string of the molecule is CCC1=NN(c2cc(N)ccn2)C(=O)C1. The molecule has 1 aromatic rings. The summed E-state index contributed by atoms with van der Waals surface area (Å²) < 4.78 is 0. The Bertz CT molecular complexity index is 427. The topological polar surface area (TPSA) is 71.6 Å². The lowest BCUT2D eigenvalue weighted by molar-refractivity contribution is -0.116. The molecule has 0 fully saturated rings. The molecule has 0 atom stereocenters. The zero-order chi connectivity index (χ0) is 10.8. The lowest BCUT2D eigenvalue weighted by Gasteiger charge is -2.10. The van der Waals surface area contributed by atoms with Gasteiger partial charge in [-0.3, -0.25) is 4.79 Å². The monoisotopic (exact) mass is 204 g/mol. The number of pyridine rings is 1. The number of anilines is 2. The minimum atomic E-state index is -0.0510. The van der Waals surface area contributed by atoms with Crippen LogP contribution in [0.2, 0.25) is 0 Å². The van der Waals surface area contributed by atoms with Crippen molar-refractivity contribution in [3.63, 3.8) is 0 Å². The Morgan fingerprint density at radius 1 is 1.60 bits per heavy atom. The number of hydrazone groups is 1. The molecule has 0 bridgehead atoms. The minimum Gasteiger partial charge on any atom is -0.399 e. The Hall–Kier alpha value is -1.91. The summed E-state index contributed by atoms with van der Waals surface area (Å²) in [5, 5.41) is 5.50. The molecular weight excluding hydrogens is 192 g/mol. The van der Waals surface area contributed by atoms with Crippen molar-refractivity contribution in [1.29, 1.82) is 0 Å². The molecule has 0 aliphatic carbocycles. The number of nitrogens with zero attached hydrogens (tertiary/aromatic N) is 3. The maximum atomic E-state index is 11.6. The van der Waals surface area contributed by atoms with Gasteiger partial charge in [0.05, 0.1) is 6.42 Å². The van der Waals surface area contributed by atoms with Gasteiger partial charge in [0, 0.05) is 23.7 Å². The molecule has 1 aromatic heterocycles. The van der Waals surface area contributed by atoms with Crippen molar-refractivity contribution in [2.24, 2.45) is 5.10 Å². The Morgan fingerprint density at radius 3 is 3.00 bits per heavy atom. The molecule has 0 spiro atoms. The molecule has 2 N–H and O–H groups in total. The average Bonchev–Trinajstić information content (AvgIpc) is 2.60. The maximum Gasteiger partial charge on any atom is 0.254 e. The normalized spacial score (nSPS) is 15.7. The number of carbonyl (C=O) groups is 1. The van der Waals surface area contributed by atoms with E-state index in [-0.39, 0.29) is 5.91 Å². The number of nitrogens with two attached hydrogens (primary N) is 1. The second-order valence-corrected chi connectivity index (χ2v) is 3.35. The van der Waals surface area contributed by atoms with Crippen LogP contribution in [0.3, 0.4) is 0 Å². The van der Waals surface area contributed by atoms with E-state index in [9.17, 15) is 4.79 Å². The number of hydrogen-bond donors (Lipinski definition) is 1. The Morgan fingerprint density at radius 2 is 2.40 bits per heavy atom. The van der Waals surface area contributed by atoms with Gasteiger partial charge in [-0.05, 0) is 12.5 Å². The molecule has 0 saturated heterocycles. The number of amides is 1. The van der Waals surface area contributed by atoms with E-state index in [0.29, 0.717) is 17.9 Å². The molecule has 2 rings (SSSR count). The van der Waals surface area contributed by atoms with Gasteiger partial charge < -0.3 is 5.73 Å². The van der Waals surface area contributed by atoms with Crippen molar-refractivity contribution < 1.29 is 4.79 Å². The van der Waals surface area contributed by atoms with Gasteiger partial charge in [-0.2, -0.15) is 10.1 Å². The van der Waals surface area contributed by atoms with Crippen LogP contribution >= 0.6 is 0 Å². The standard InChI is InChI=1S/C10H12N4O/c1-2-8-6-10(15)14(13-8)9-5-7(11)3-4-12-9/h3-5H,2,6H2,1H3,(H2,11,12). The number of rotatable bonds is 2. The van der Waals surface area contributed by atoms with Gasteiger partial charge in [0.25, 0.3) is 5.91 Å². The smallest absolute Gasteiger partial charge is 0.254 e. The van der Waals surface area contributed by atoms with Gasteiger partial charge in [-0.15, -0.1) is 0 Å². The van der Waals surface area contributed by atoms with Crippen LogP contribution in [0, 0.1) is 0 Å². The van der Waals surface area contributed by atoms with E-state index in [1.165, 1.54) is 5.01 Å². The molecule has 0 saturated carbocycles. The van der Waals surface area contributed by atoms with Gasteiger partial charge in [0.2, 0.25) is 0 Å². The van der Waals surface area contributed by atoms with E-state index >= 15 is 0 Å². The van der Waals surface area contributed by atoms with Crippen LogP contribution in [0.5, 0.6) is 0 Å². The summed E-state index contributed by atoms with van der Waals surface area (Å²) >= 11 is 0. The number of hydrogen-bond acceptors (Lipinski definition) is 4. The van der Waals surface area contributed by atoms with Crippen molar-refractivity contribution in [2.45, 2.75) is 19.8 Å². The Kier molecular flexibility index (Phi) is 2.37. The van der Waals surface area contributed by atoms with E-state index in [4.69, 9.17) is 5.73 Å². The molecule has 1 amide bonds. The van der Waals surface area contributed by atoms with Gasteiger partial charge in [-0.1, -0.05) is 6.92 Å². The van der Waals surface area contributed by atoms with Crippen LogP contribution in [0.4, 0.5) is 11.5 Å². The van der Waals surface area contributed by atoms with Crippen LogP contribution in [-0.2, 0) is 4.79 Å². The quantitative estimate of drug-likeness (QED) is 0.785. The number of aromatic nitrogens is 1. The van der Waals surface area contributed by atoms with Crippen molar-refractivity contribution >= 4 is 23.1 Å². The predicted molar refractivity (Wildman–Crippen MR) is 58.5 cm³/mol. The average molecular weight is 204 g/mol. The van der Waals surface area contributed by atoms with Gasteiger partial charge in [0.1, 0.15) is 0 Å². The zero-order valence-electron chi connectivity index (χ0n) is 8.47. The summed E-state index contributed by atoms with van der Waals surface area (Å²) in [6.45, 7) is 1.97. The van der Waals surface area contributed by atoms with Crippen molar-refractivity contribution in [1.82, 2.24) is 4.98 Å². The van der Waals surface area contributed by atoms with E-state index in [1.807, 2.05) is 6.92 Å². The summed E-state index contributed by atoms with van der Waals surface area (Å²) in [6.07, 6.45) is 2.73. The van der Waals surface area contributed by atoms with Gasteiger partial charge in [-0.25, -0.2) is 4.98 Å². The highest BCUT2D eigenvalue weighted by molar-refractivity contribution is 6.12. The van der Waals surface area contributed by atoms with Gasteiger partial charge >= 0.3 is 0 Å². The second-order valence-electron chi connectivity index (χ2n) is 3.35. The maximum absolute atomic E-state index is 11.6. The molecule has 0 unspecified atom stereocenters. The summed E-state index contributed by atoms with van der Waals surface area (Å²) in [7, 11) is 0. The first-order valence-corrected chi connectivity index (χ1v) is 4.81. The molecule has 5 heteroatoms. The van der Waals surface area contributed by atoms with Crippen molar-refractivity contribution in [2.75, 3.05) is 10.7 Å². The zero-order valence-corrected chi connectivity index (χ0v) is 8.47. The highest BCUT2D eigenvalue weighted by Gasteiger charge is 2.24. The summed E-state index contributed by atoms with van der Waals surface area (Å²) in [4.78, 5) is 15.6. The Balaban J connectivity index is 2.32. The molecule has 15 heavy (non-hydrogen) atoms. The first kappa shape index (κ1) is 9.64. The molecule has 5 nitrogen and oxygen atoms in total. The van der Waals surface area contributed by atoms with Crippen LogP contribution in [0.1, 0.15) is 19.8 Å². The third kappa shape index (κ3) is 1.81. The van der Waals surface area contributed by atoms with Crippen LogP contribution in [-0.4, -0.2) is 16.6 Å². The molecule has 1 aliphatic rings. The molecule has 1 aliphatic heterocycles. The number of nitrogen functional groups attached to an aromatic ring is 1. The van der Waals surface area contributed by atoms with Crippen LogP contribution in [0.25, 0.3) is 0 Å². The highest BCUT2D eigenvalue weighted by Crippen LogP contribution is 2.20. The summed E-state index contributed by atoms with van der Waals surface area (Å²) in [5.41, 5.74) is 7.07. The van der Waals surface area contributed by atoms with Crippen LogP contribution in [0.15, 0.2) is 23.4 Å². The third-order valence-electron chi connectivity index (χ3n) is 2.23. The van der Waals surface area contributed by atoms with E-state index in [1.54, 1.807) is 18.3 Å². The van der Waals surface area contributed by atoms with E-state index < -0.39 is 0 Å². The van der Waals surface area contributed by atoms with Crippen molar-refractivity contribution in [3.8, 4) is 0 Å². The molecule has 2 heterocycles. The second kappa shape index (κ2) is 3.68. The van der Waals surface area contributed by atoms with Crippen LogP contribution < -0.4 is 10.7 Å². The minimum absolute atomic E-state index is 0.0510. The van der Waals surface area contributed by atoms with E-state index in [0.717, 1.165) is 12.1 Å². The summed E-state index contributed by atoms with van der Waals surface area (Å²) in [5.74, 6) is 0.438. The molecule has 78 valence electrons. The first-order valence-electron chi connectivity index (χ1n) is 4.81. The number of carbonyl (C=O) groups excluding carboxylic acids is 1.